The van der Waals surface area contributed by atoms with Crippen LogP contribution in [0.1, 0.15) is 23.6 Å². The first kappa shape index (κ1) is 7.14. The van der Waals surface area contributed by atoms with Crippen LogP contribution in [-0.4, -0.2) is 0 Å². The lowest BCUT2D eigenvalue weighted by atomic mass is 10.1. The fourth-order valence-electron chi connectivity index (χ4n) is 1.61. The van der Waals surface area contributed by atoms with Gasteiger partial charge in [0.2, 0.25) is 0 Å². The molecule has 0 radical (unpaired) electrons. The van der Waals surface area contributed by atoms with Crippen LogP contribution in [0.3, 0.4) is 0 Å². The van der Waals surface area contributed by atoms with E-state index in [1.54, 1.807) is 0 Å². The zero-order chi connectivity index (χ0) is 7.84. The summed E-state index contributed by atoms with van der Waals surface area (Å²) in [5.41, 5.74) is 8.45. The van der Waals surface area contributed by atoms with Crippen LogP contribution in [0.2, 0.25) is 5.02 Å². The number of aryl methyl sites for hydroxylation is 1. The molecule has 2 heteroatoms. The highest BCUT2D eigenvalue weighted by molar-refractivity contribution is 6.30. The molecule has 1 aromatic carbocycles. The van der Waals surface area contributed by atoms with E-state index in [0.717, 1.165) is 17.9 Å². The Kier molecular flexibility index (Phi) is 1.63. The van der Waals surface area contributed by atoms with Crippen LogP contribution in [0.4, 0.5) is 0 Å². The van der Waals surface area contributed by atoms with Crippen LogP contribution in [0.5, 0.6) is 0 Å². The maximum absolute atomic E-state index is 5.86. The third-order valence-electron chi connectivity index (χ3n) is 2.23. The predicted molar refractivity (Wildman–Crippen MR) is 46.7 cm³/mol. The van der Waals surface area contributed by atoms with E-state index < -0.39 is 0 Å². The fourth-order valence-corrected chi connectivity index (χ4v) is 1.79. The maximum atomic E-state index is 5.86. The van der Waals surface area contributed by atoms with Crippen LogP contribution in [-0.2, 0) is 6.42 Å². The second-order valence-electron chi connectivity index (χ2n) is 2.99. The number of hydrogen-bond donors (Lipinski definition) is 1. The molecule has 1 aromatic rings. The van der Waals surface area contributed by atoms with Crippen LogP contribution in [0.15, 0.2) is 18.2 Å². The van der Waals surface area contributed by atoms with E-state index in [-0.39, 0.29) is 6.04 Å². The van der Waals surface area contributed by atoms with Crippen molar-refractivity contribution in [2.24, 2.45) is 5.73 Å². The Hall–Kier alpha value is -0.530. The number of benzene rings is 1. The van der Waals surface area contributed by atoms with Gasteiger partial charge in [-0.2, -0.15) is 0 Å². The Labute approximate surface area is 71.2 Å². The maximum Gasteiger partial charge on any atom is 0.0409 e. The second kappa shape index (κ2) is 2.50. The highest BCUT2D eigenvalue weighted by atomic mass is 35.5. The fraction of sp³-hybridized carbons (Fsp3) is 0.333. The number of fused-ring (bicyclic) bond motifs is 1. The standard InChI is InChI=1S/C9H10ClN/c10-7-3-1-6-2-4-9(11)8(6)5-7/h1,3,5,9H,2,4,11H2/t9-/m0/s1. The highest BCUT2D eigenvalue weighted by Gasteiger charge is 2.18. The van der Waals surface area contributed by atoms with Gasteiger partial charge in [0.15, 0.2) is 0 Å². The number of rotatable bonds is 0. The third-order valence-corrected chi connectivity index (χ3v) is 2.47. The van der Waals surface area contributed by atoms with Crippen LogP contribution >= 0.6 is 11.6 Å². The summed E-state index contributed by atoms with van der Waals surface area (Å²) in [7, 11) is 0. The molecular weight excluding hydrogens is 158 g/mol. The Morgan fingerprint density at radius 2 is 2.27 bits per heavy atom. The monoisotopic (exact) mass is 167 g/mol. The van der Waals surface area contributed by atoms with Crippen LogP contribution in [0, 0.1) is 0 Å². The average Bonchev–Trinajstić information content (AvgIpc) is 2.33. The van der Waals surface area contributed by atoms with Gasteiger partial charge in [-0.25, -0.2) is 0 Å². The first-order valence-corrected chi connectivity index (χ1v) is 4.19. The molecule has 0 unspecified atom stereocenters. The zero-order valence-electron chi connectivity index (χ0n) is 6.18. The minimum absolute atomic E-state index is 0.212. The minimum atomic E-state index is 0.212. The molecule has 0 saturated heterocycles. The van der Waals surface area contributed by atoms with Crippen molar-refractivity contribution in [3.05, 3.63) is 34.3 Å². The topological polar surface area (TPSA) is 26.0 Å². The smallest absolute Gasteiger partial charge is 0.0409 e. The van der Waals surface area contributed by atoms with E-state index in [0.29, 0.717) is 0 Å². The van der Waals surface area contributed by atoms with E-state index in [9.17, 15) is 0 Å². The lowest BCUT2D eigenvalue weighted by Gasteiger charge is -2.03. The summed E-state index contributed by atoms with van der Waals surface area (Å²) < 4.78 is 0. The molecule has 1 aliphatic carbocycles. The van der Waals surface area contributed by atoms with Gasteiger partial charge >= 0.3 is 0 Å². The summed E-state index contributed by atoms with van der Waals surface area (Å²) in [6.07, 6.45) is 2.17. The molecule has 1 atom stereocenters. The van der Waals surface area contributed by atoms with E-state index in [1.807, 2.05) is 12.1 Å². The summed E-state index contributed by atoms with van der Waals surface area (Å²) in [4.78, 5) is 0. The molecule has 0 heterocycles. The molecule has 0 spiro atoms. The van der Waals surface area contributed by atoms with E-state index in [1.165, 1.54) is 11.1 Å². The van der Waals surface area contributed by atoms with Gasteiger partial charge in [-0.1, -0.05) is 17.7 Å². The van der Waals surface area contributed by atoms with Crippen molar-refractivity contribution in [2.75, 3.05) is 0 Å². The quantitative estimate of drug-likeness (QED) is 0.631. The van der Waals surface area contributed by atoms with Crippen molar-refractivity contribution in [1.82, 2.24) is 0 Å². The molecule has 0 aliphatic heterocycles. The third kappa shape index (κ3) is 1.15. The summed E-state index contributed by atoms with van der Waals surface area (Å²) in [6, 6.07) is 6.20. The van der Waals surface area contributed by atoms with Gasteiger partial charge in [-0.15, -0.1) is 0 Å². The molecule has 1 aliphatic rings. The molecule has 11 heavy (non-hydrogen) atoms. The lowest BCUT2D eigenvalue weighted by molar-refractivity contribution is 0.713. The van der Waals surface area contributed by atoms with Gasteiger partial charge < -0.3 is 5.73 Å². The molecule has 2 rings (SSSR count). The molecule has 58 valence electrons. The number of halogens is 1. The number of nitrogens with two attached hydrogens (primary N) is 1. The lowest BCUT2D eigenvalue weighted by Crippen LogP contribution is -2.04. The second-order valence-corrected chi connectivity index (χ2v) is 3.42. The van der Waals surface area contributed by atoms with Crippen molar-refractivity contribution in [3.8, 4) is 0 Å². The Balaban J connectivity index is 2.52. The largest absolute Gasteiger partial charge is 0.324 e. The SMILES string of the molecule is N[C@H]1CCc2ccc(Cl)cc21. The molecular formula is C9H10ClN. The van der Waals surface area contributed by atoms with Crippen molar-refractivity contribution in [1.29, 1.82) is 0 Å². The normalized spacial score (nSPS) is 21.8. The van der Waals surface area contributed by atoms with E-state index in [2.05, 4.69) is 6.07 Å². The van der Waals surface area contributed by atoms with E-state index in [4.69, 9.17) is 17.3 Å². The summed E-state index contributed by atoms with van der Waals surface area (Å²) in [5, 5.41) is 0.793. The molecule has 0 fully saturated rings. The van der Waals surface area contributed by atoms with Crippen molar-refractivity contribution < 1.29 is 0 Å². The van der Waals surface area contributed by atoms with Crippen LogP contribution < -0.4 is 5.73 Å². The Morgan fingerprint density at radius 3 is 3.09 bits per heavy atom. The Bertz CT molecular complexity index is 283. The van der Waals surface area contributed by atoms with E-state index >= 15 is 0 Å². The first-order chi connectivity index (χ1) is 5.27. The molecule has 0 saturated carbocycles. The highest BCUT2D eigenvalue weighted by Crippen LogP contribution is 2.30. The van der Waals surface area contributed by atoms with Gasteiger partial charge in [0.05, 0.1) is 0 Å². The summed E-state index contributed by atoms with van der Waals surface area (Å²) in [6.45, 7) is 0. The van der Waals surface area contributed by atoms with Gasteiger partial charge in [-0.05, 0) is 36.1 Å². The molecule has 0 aromatic heterocycles. The van der Waals surface area contributed by atoms with Crippen molar-refractivity contribution in [3.63, 3.8) is 0 Å². The van der Waals surface area contributed by atoms with Crippen LogP contribution in [0.25, 0.3) is 0 Å². The first-order valence-electron chi connectivity index (χ1n) is 3.81. The minimum Gasteiger partial charge on any atom is -0.324 e. The molecule has 1 nitrogen and oxygen atoms in total. The summed E-state index contributed by atoms with van der Waals surface area (Å²) >= 11 is 5.83. The molecule has 0 amide bonds. The average molecular weight is 168 g/mol. The molecule has 0 bridgehead atoms. The van der Waals surface area contributed by atoms with Gasteiger partial charge in [0.1, 0.15) is 0 Å². The number of hydrogen-bond acceptors (Lipinski definition) is 1. The van der Waals surface area contributed by atoms with Gasteiger partial charge in [0.25, 0.3) is 0 Å². The summed E-state index contributed by atoms with van der Waals surface area (Å²) in [5.74, 6) is 0. The zero-order valence-corrected chi connectivity index (χ0v) is 6.93. The van der Waals surface area contributed by atoms with Gasteiger partial charge in [-0.3, -0.25) is 0 Å². The van der Waals surface area contributed by atoms with Crippen molar-refractivity contribution >= 4 is 11.6 Å². The Morgan fingerprint density at radius 1 is 1.45 bits per heavy atom. The van der Waals surface area contributed by atoms with Crippen molar-refractivity contribution in [2.45, 2.75) is 18.9 Å². The van der Waals surface area contributed by atoms with Gasteiger partial charge in [0, 0.05) is 11.1 Å². The molecule has 2 N–H and O–H groups in total. The predicted octanol–water partition coefficient (Wildman–Crippen LogP) is 2.29.